The molecular formula is C22H30N2O3. The van der Waals surface area contributed by atoms with Crippen molar-refractivity contribution in [2.45, 2.75) is 76.9 Å². The van der Waals surface area contributed by atoms with Gasteiger partial charge in [0.1, 0.15) is 11.4 Å². The number of piperidine rings is 1. The highest BCUT2D eigenvalue weighted by Crippen LogP contribution is 2.41. The Morgan fingerprint density at radius 1 is 1.15 bits per heavy atom. The zero-order valence-corrected chi connectivity index (χ0v) is 16.5. The Morgan fingerprint density at radius 3 is 2.56 bits per heavy atom. The molecule has 0 atom stereocenters. The van der Waals surface area contributed by atoms with Gasteiger partial charge < -0.3 is 15.0 Å². The van der Waals surface area contributed by atoms with E-state index in [-0.39, 0.29) is 11.8 Å². The summed E-state index contributed by atoms with van der Waals surface area (Å²) in [6.45, 7) is 5.30. The van der Waals surface area contributed by atoms with E-state index >= 15 is 0 Å². The fraction of sp³-hybridized carbons (Fsp3) is 0.636. The first kappa shape index (κ1) is 18.3. The predicted octanol–water partition coefficient (Wildman–Crippen LogP) is 4.15. The highest BCUT2D eigenvalue weighted by molar-refractivity contribution is 6.01. The van der Waals surface area contributed by atoms with Crippen LogP contribution in [0.1, 0.15) is 72.9 Å². The quantitative estimate of drug-likeness (QED) is 0.808. The second kappa shape index (κ2) is 7.17. The minimum atomic E-state index is -0.453. The largest absolute Gasteiger partial charge is 0.486 e. The first-order chi connectivity index (χ1) is 13.0. The van der Waals surface area contributed by atoms with Crippen LogP contribution in [0.25, 0.3) is 0 Å². The third-order valence-corrected chi connectivity index (χ3v) is 6.42. The summed E-state index contributed by atoms with van der Waals surface area (Å²) in [6.07, 6.45) is 7.73. The van der Waals surface area contributed by atoms with Crippen molar-refractivity contribution in [1.82, 2.24) is 10.2 Å². The van der Waals surface area contributed by atoms with Crippen molar-refractivity contribution in [3.8, 4) is 5.75 Å². The van der Waals surface area contributed by atoms with Crippen molar-refractivity contribution in [3.63, 3.8) is 0 Å². The van der Waals surface area contributed by atoms with Gasteiger partial charge in [-0.2, -0.15) is 0 Å². The molecule has 5 heteroatoms. The van der Waals surface area contributed by atoms with E-state index in [2.05, 4.69) is 11.4 Å². The van der Waals surface area contributed by atoms with Gasteiger partial charge in [-0.05, 0) is 43.9 Å². The van der Waals surface area contributed by atoms with Gasteiger partial charge >= 0.3 is 6.03 Å². The normalized spacial score (nSPS) is 22.3. The van der Waals surface area contributed by atoms with E-state index in [1.165, 1.54) is 19.3 Å². The highest BCUT2D eigenvalue weighted by Gasteiger charge is 2.44. The lowest BCUT2D eigenvalue weighted by molar-refractivity contribution is -0.00149. The van der Waals surface area contributed by atoms with E-state index < -0.39 is 5.60 Å². The third kappa shape index (κ3) is 3.69. The van der Waals surface area contributed by atoms with Crippen molar-refractivity contribution in [2.75, 3.05) is 13.1 Å². The van der Waals surface area contributed by atoms with Gasteiger partial charge in [-0.25, -0.2) is 4.79 Å². The van der Waals surface area contributed by atoms with Gasteiger partial charge in [-0.3, -0.25) is 4.79 Å². The molecule has 1 aromatic rings. The van der Waals surface area contributed by atoms with Crippen molar-refractivity contribution in [2.24, 2.45) is 0 Å². The van der Waals surface area contributed by atoms with E-state index in [0.717, 1.165) is 35.3 Å². The second-order valence-electron chi connectivity index (χ2n) is 8.62. The number of rotatable bonds is 1. The smallest absolute Gasteiger partial charge is 0.317 e. The molecule has 2 aliphatic heterocycles. The van der Waals surface area contributed by atoms with Gasteiger partial charge in [0, 0.05) is 32.0 Å². The lowest BCUT2D eigenvalue weighted by Crippen LogP contribution is -2.55. The molecule has 1 aromatic carbocycles. The van der Waals surface area contributed by atoms with Crippen molar-refractivity contribution >= 4 is 11.8 Å². The zero-order chi connectivity index (χ0) is 19.0. The summed E-state index contributed by atoms with van der Waals surface area (Å²) in [4.78, 5) is 27.3. The van der Waals surface area contributed by atoms with Crippen LogP contribution in [0.4, 0.5) is 4.79 Å². The Hall–Kier alpha value is -2.04. The number of nitrogens with one attached hydrogen (secondary N) is 1. The van der Waals surface area contributed by atoms with Gasteiger partial charge in [0.25, 0.3) is 0 Å². The van der Waals surface area contributed by atoms with Crippen molar-refractivity contribution in [3.05, 3.63) is 28.8 Å². The molecular weight excluding hydrogens is 340 g/mol. The summed E-state index contributed by atoms with van der Waals surface area (Å²) in [5.74, 6) is 0.917. The number of benzene rings is 1. The maximum atomic E-state index is 12.8. The van der Waals surface area contributed by atoms with Crippen LogP contribution in [0.5, 0.6) is 5.75 Å². The van der Waals surface area contributed by atoms with Crippen LogP contribution in [0, 0.1) is 13.8 Å². The molecule has 0 unspecified atom stereocenters. The Morgan fingerprint density at radius 2 is 1.85 bits per heavy atom. The highest BCUT2D eigenvalue weighted by atomic mass is 16.5. The van der Waals surface area contributed by atoms with Gasteiger partial charge in [0.15, 0.2) is 5.78 Å². The minimum absolute atomic E-state index is 0.0473. The standard InChI is InChI=1S/C22H30N2O3/c1-15-12-16(2)20-18(13-15)19(25)14-22(27-20)8-10-24(11-9-22)21(26)23-17-6-4-3-5-7-17/h12-13,17H,3-11,14H2,1-2H3,(H,23,26). The molecule has 0 aromatic heterocycles. The van der Waals surface area contributed by atoms with Crippen LogP contribution < -0.4 is 10.1 Å². The van der Waals surface area contributed by atoms with E-state index in [4.69, 9.17) is 4.74 Å². The van der Waals surface area contributed by atoms with Crippen LogP contribution in [-0.2, 0) is 0 Å². The predicted molar refractivity (Wildman–Crippen MR) is 104 cm³/mol. The molecule has 3 aliphatic rings. The Kier molecular flexibility index (Phi) is 4.87. The summed E-state index contributed by atoms with van der Waals surface area (Å²) in [5.41, 5.74) is 2.38. The summed E-state index contributed by atoms with van der Waals surface area (Å²) < 4.78 is 6.42. The fourth-order valence-electron chi connectivity index (χ4n) is 4.85. The van der Waals surface area contributed by atoms with Gasteiger partial charge in [-0.15, -0.1) is 0 Å². The number of fused-ring (bicyclic) bond motifs is 1. The molecule has 5 nitrogen and oxygen atoms in total. The molecule has 2 amide bonds. The number of ketones is 1. The number of hydrogen-bond acceptors (Lipinski definition) is 3. The van der Waals surface area contributed by atoms with Crippen LogP contribution in [0.3, 0.4) is 0 Å². The maximum absolute atomic E-state index is 12.8. The van der Waals surface area contributed by atoms with E-state index in [0.29, 0.717) is 38.4 Å². The number of hydrogen-bond donors (Lipinski definition) is 1. The number of ether oxygens (including phenoxy) is 1. The summed E-state index contributed by atoms with van der Waals surface area (Å²) in [7, 11) is 0. The summed E-state index contributed by atoms with van der Waals surface area (Å²) in [5, 5.41) is 3.20. The van der Waals surface area contributed by atoms with E-state index in [1.54, 1.807) is 0 Å². The molecule has 146 valence electrons. The second-order valence-corrected chi connectivity index (χ2v) is 8.62. The summed E-state index contributed by atoms with van der Waals surface area (Å²) in [6, 6.07) is 4.38. The number of carbonyl (C=O) groups excluding carboxylic acids is 2. The average molecular weight is 370 g/mol. The Bertz CT molecular complexity index is 744. The SMILES string of the molecule is Cc1cc(C)c2c(c1)C(=O)CC1(CCN(C(=O)NC3CCCCC3)CC1)O2. The van der Waals surface area contributed by atoms with Crippen molar-refractivity contribution in [1.29, 1.82) is 0 Å². The molecule has 4 rings (SSSR count). The monoisotopic (exact) mass is 370 g/mol. The lowest BCUT2D eigenvalue weighted by atomic mass is 9.81. The molecule has 2 heterocycles. The van der Waals surface area contributed by atoms with Gasteiger partial charge in [0.2, 0.25) is 0 Å². The van der Waals surface area contributed by atoms with Crippen LogP contribution in [0.15, 0.2) is 12.1 Å². The summed E-state index contributed by atoms with van der Waals surface area (Å²) >= 11 is 0. The Balaban J connectivity index is 1.41. The van der Waals surface area contributed by atoms with Gasteiger partial charge in [0.05, 0.1) is 12.0 Å². The first-order valence-electron chi connectivity index (χ1n) is 10.3. The molecule has 0 radical (unpaired) electrons. The van der Waals surface area contributed by atoms with Crippen molar-refractivity contribution < 1.29 is 14.3 Å². The topological polar surface area (TPSA) is 58.6 Å². The number of urea groups is 1. The number of Topliss-reactive ketones (excluding diaryl/α,β-unsaturated/α-hetero) is 1. The zero-order valence-electron chi connectivity index (χ0n) is 16.5. The molecule has 1 saturated carbocycles. The molecule has 1 spiro atoms. The minimum Gasteiger partial charge on any atom is -0.486 e. The van der Waals surface area contributed by atoms with Crippen LogP contribution >= 0.6 is 0 Å². The number of amides is 2. The third-order valence-electron chi connectivity index (χ3n) is 6.42. The van der Waals surface area contributed by atoms with Crippen LogP contribution in [0.2, 0.25) is 0 Å². The lowest BCUT2D eigenvalue weighted by Gasteiger charge is -2.44. The van der Waals surface area contributed by atoms with E-state index in [1.807, 2.05) is 24.8 Å². The molecule has 1 N–H and O–H groups in total. The molecule has 2 fully saturated rings. The van der Waals surface area contributed by atoms with Crippen LogP contribution in [-0.4, -0.2) is 41.4 Å². The number of carbonyl (C=O) groups is 2. The molecule has 27 heavy (non-hydrogen) atoms. The number of nitrogens with zero attached hydrogens (tertiary/aromatic N) is 1. The average Bonchev–Trinajstić information content (AvgIpc) is 2.64. The molecule has 1 saturated heterocycles. The van der Waals surface area contributed by atoms with Gasteiger partial charge in [-0.1, -0.05) is 25.3 Å². The maximum Gasteiger partial charge on any atom is 0.317 e. The van der Waals surface area contributed by atoms with E-state index in [9.17, 15) is 9.59 Å². The Labute approximate surface area is 161 Å². The fourth-order valence-corrected chi connectivity index (χ4v) is 4.85. The number of likely N-dealkylation sites (tertiary alicyclic amines) is 1. The first-order valence-corrected chi connectivity index (χ1v) is 10.3. The number of aryl methyl sites for hydroxylation is 2. The molecule has 0 bridgehead atoms. The molecule has 1 aliphatic carbocycles.